The average molecular weight is 465 g/mol. The first-order valence-corrected chi connectivity index (χ1v) is 9.72. The Morgan fingerprint density at radius 1 is 1.00 bits per heavy atom. The normalized spacial score (nSPS) is 12.6. The molecule has 0 saturated heterocycles. The van der Waals surface area contributed by atoms with Gasteiger partial charge in [0, 0.05) is 24.2 Å². The van der Waals surface area contributed by atoms with Gasteiger partial charge in [-0.2, -0.15) is 0 Å². The van der Waals surface area contributed by atoms with E-state index in [0.717, 1.165) is 10.0 Å². The molecule has 0 spiro atoms. The number of amides is 2. The van der Waals surface area contributed by atoms with Crippen LogP contribution in [0.3, 0.4) is 0 Å². The van der Waals surface area contributed by atoms with Crippen LogP contribution in [0.2, 0.25) is 0 Å². The van der Waals surface area contributed by atoms with Gasteiger partial charge in [0.05, 0.1) is 7.11 Å². The summed E-state index contributed by atoms with van der Waals surface area (Å²) < 4.78 is 19.1. The molecule has 0 aliphatic rings. The molecule has 0 aliphatic carbocycles. The molecule has 6 nitrogen and oxygen atoms in total. The van der Waals surface area contributed by atoms with Crippen LogP contribution < -0.4 is 10.6 Å². The number of nitrogens with one attached hydrogen (secondary N) is 2. The number of carbonyl (C=O) groups is 3. The van der Waals surface area contributed by atoms with E-state index in [1.54, 1.807) is 6.07 Å². The third-order valence-electron chi connectivity index (χ3n) is 4.15. The van der Waals surface area contributed by atoms with E-state index in [4.69, 9.17) is 4.74 Å². The molecule has 0 fully saturated rings. The highest BCUT2D eigenvalue weighted by Crippen LogP contribution is 2.14. The highest BCUT2D eigenvalue weighted by molar-refractivity contribution is 9.10. The predicted molar refractivity (Wildman–Crippen MR) is 110 cm³/mol. The highest BCUT2D eigenvalue weighted by Gasteiger charge is 2.27. The lowest BCUT2D eigenvalue weighted by Gasteiger charge is -2.22. The Kier molecular flexibility index (Phi) is 8.33. The van der Waals surface area contributed by atoms with Crippen molar-refractivity contribution in [1.82, 2.24) is 10.6 Å². The molecule has 2 aromatic carbocycles. The molecule has 8 heteroatoms. The van der Waals surface area contributed by atoms with Gasteiger partial charge in [-0.1, -0.05) is 40.2 Å². The summed E-state index contributed by atoms with van der Waals surface area (Å²) in [5.74, 6) is -2.02. The number of benzene rings is 2. The summed E-state index contributed by atoms with van der Waals surface area (Å²) >= 11 is 3.37. The molecular formula is C21H22BrFN2O4. The zero-order chi connectivity index (χ0) is 21.4. The second-order valence-electron chi connectivity index (χ2n) is 6.51. The number of carbonyl (C=O) groups excluding carboxylic acids is 3. The molecule has 0 aromatic heterocycles. The van der Waals surface area contributed by atoms with Crippen LogP contribution in [0.15, 0.2) is 53.0 Å². The third-order valence-corrected chi connectivity index (χ3v) is 4.65. The molecule has 2 N–H and O–H groups in total. The van der Waals surface area contributed by atoms with Gasteiger partial charge in [-0.05, 0) is 35.4 Å². The molecule has 0 heterocycles. The van der Waals surface area contributed by atoms with Gasteiger partial charge in [0.1, 0.15) is 17.9 Å². The van der Waals surface area contributed by atoms with Crippen molar-refractivity contribution in [3.63, 3.8) is 0 Å². The van der Waals surface area contributed by atoms with Gasteiger partial charge >= 0.3 is 5.97 Å². The van der Waals surface area contributed by atoms with E-state index in [0.29, 0.717) is 5.56 Å². The molecule has 29 heavy (non-hydrogen) atoms. The summed E-state index contributed by atoms with van der Waals surface area (Å²) in [6, 6.07) is 11.2. The Balaban J connectivity index is 2.17. The third kappa shape index (κ3) is 7.30. The van der Waals surface area contributed by atoms with E-state index in [-0.39, 0.29) is 12.8 Å². The van der Waals surface area contributed by atoms with Crippen LogP contribution in [0.25, 0.3) is 0 Å². The van der Waals surface area contributed by atoms with Crippen LogP contribution in [-0.4, -0.2) is 37.0 Å². The van der Waals surface area contributed by atoms with Crippen molar-refractivity contribution in [2.75, 3.05) is 7.11 Å². The fourth-order valence-electron chi connectivity index (χ4n) is 2.86. The van der Waals surface area contributed by atoms with Crippen LogP contribution >= 0.6 is 15.9 Å². The summed E-state index contributed by atoms with van der Waals surface area (Å²) in [5.41, 5.74) is 1.36. The van der Waals surface area contributed by atoms with Crippen molar-refractivity contribution in [3.8, 4) is 0 Å². The molecular weight excluding hydrogens is 443 g/mol. The van der Waals surface area contributed by atoms with Crippen LogP contribution in [0.5, 0.6) is 0 Å². The second-order valence-corrected chi connectivity index (χ2v) is 7.42. The van der Waals surface area contributed by atoms with Crippen molar-refractivity contribution in [1.29, 1.82) is 0 Å². The summed E-state index contributed by atoms with van der Waals surface area (Å²) in [4.78, 5) is 36.6. The molecule has 2 rings (SSSR count). The Labute approximate surface area is 177 Å². The molecule has 0 radical (unpaired) electrons. The maximum absolute atomic E-state index is 13.5. The maximum atomic E-state index is 13.5. The van der Waals surface area contributed by atoms with Crippen molar-refractivity contribution in [3.05, 3.63) is 69.9 Å². The lowest BCUT2D eigenvalue weighted by molar-refractivity contribution is -0.145. The monoisotopic (exact) mass is 464 g/mol. The standard InChI is InChI=1S/C21H22BrFN2O4/c1-13(26)24-18(11-15-6-4-8-17(23)10-15)20(27)25-19(21(28)29-2)12-14-5-3-7-16(22)9-14/h3-10,18-19H,11-12H2,1-2H3,(H,24,26)(H,25,27)/t18-,19+/m0/s1. The minimum atomic E-state index is -0.969. The van der Waals surface area contributed by atoms with Crippen LogP contribution in [0.4, 0.5) is 4.39 Å². The van der Waals surface area contributed by atoms with Gasteiger partial charge in [0.15, 0.2) is 0 Å². The van der Waals surface area contributed by atoms with Gasteiger partial charge in [-0.15, -0.1) is 0 Å². The number of halogens is 2. The van der Waals surface area contributed by atoms with E-state index < -0.39 is 35.7 Å². The van der Waals surface area contributed by atoms with E-state index in [9.17, 15) is 18.8 Å². The molecule has 2 amide bonds. The fourth-order valence-corrected chi connectivity index (χ4v) is 3.31. The van der Waals surface area contributed by atoms with Gasteiger partial charge in [-0.25, -0.2) is 9.18 Å². The molecule has 2 atom stereocenters. The summed E-state index contributed by atoms with van der Waals surface area (Å²) in [5, 5.41) is 5.19. The minimum Gasteiger partial charge on any atom is -0.467 e. The fraction of sp³-hybridized carbons (Fsp3) is 0.286. The van der Waals surface area contributed by atoms with E-state index >= 15 is 0 Å². The average Bonchev–Trinajstić information content (AvgIpc) is 2.66. The predicted octanol–water partition coefficient (Wildman–Crippen LogP) is 2.54. The van der Waals surface area contributed by atoms with Crippen LogP contribution in [-0.2, 0) is 32.0 Å². The van der Waals surface area contributed by atoms with Gasteiger partial charge in [0.25, 0.3) is 0 Å². The first-order chi connectivity index (χ1) is 13.8. The van der Waals surface area contributed by atoms with Crippen molar-refractivity contribution < 1.29 is 23.5 Å². The van der Waals surface area contributed by atoms with Gasteiger partial charge in [-0.3, -0.25) is 9.59 Å². The minimum absolute atomic E-state index is 0.0773. The molecule has 0 bridgehead atoms. The lowest BCUT2D eigenvalue weighted by atomic mass is 10.0. The van der Waals surface area contributed by atoms with Crippen LogP contribution in [0.1, 0.15) is 18.1 Å². The number of methoxy groups -OCH3 is 1. The zero-order valence-electron chi connectivity index (χ0n) is 16.1. The Morgan fingerprint density at radius 3 is 2.21 bits per heavy atom. The van der Waals surface area contributed by atoms with Gasteiger partial charge < -0.3 is 15.4 Å². The Bertz CT molecular complexity index is 890. The Hall–Kier alpha value is -2.74. The Morgan fingerprint density at radius 2 is 1.62 bits per heavy atom. The molecule has 154 valence electrons. The van der Waals surface area contributed by atoms with Crippen molar-refractivity contribution in [2.45, 2.75) is 31.8 Å². The number of esters is 1. The maximum Gasteiger partial charge on any atom is 0.328 e. The first kappa shape index (κ1) is 22.5. The smallest absolute Gasteiger partial charge is 0.328 e. The van der Waals surface area contributed by atoms with Crippen LogP contribution in [0, 0.1) is 5.82 Å². The quantitative estimate of drug-likeness (QED) is 0.587. The molecule has 0 unspecified atom stereocenters. The number of rotatable bonds is 8. The number of ether oxygens (including phenoxy) is 1. The largest absolute Gasteiger partial charge is 0.467 e. The van der Waals surface area contributed by atoms with Gasteiger partial charge in [0.2, 0.25) is 11.8 Å². The second kappa shape index (κ2) is 10.7. The van der Waals surface area contributed by atoms with E-state index in [1.807, 2.05) is 24.3 Å². The molecule has 0 aliphatic heterocycles. The number of hydrogen-bond donors (Lipinski definition) is 2. The summed E-state index contributed by atoms with van der Waals surface area (Å²) in [6.07, 6.45) is 0.290. The summed E-state index contributed by atoms with van der Waals surface area (Å²) in [7, 11) is 1.24. The van der Waals surface area contributed by atoms with Crippen molar-refractivity contribution >= 4 is 33.7 Å². The number of hydrogen-bond acceptors (Lipinski definition) is 4. The highest BCUT2D eigenvalue weighted by atomic mass is 79.9. The van der Waals surface area contributed by atoms with Crippen molar-refractivity contribution in [2.24, 2.45) is 0 Å². The molecule has 0 saturated carbocycles. The SMILES string of the molecule is COC(=O)[C@@H](Cc1cccc(Br)c1)NC(=O)[C@H](Cc1cccc(F)c1)NC(C)=O. The van der Waals surface area contributed by atoms with E-state index in [1.165, 1.54) is 32.2 Å². The lowest BCUT2D eigenvalue weighted by Crippen LogP contribution is -2.53. The zero-order valence-corrected chi connectivity index (χ0v) is 17.7. The molecule has 2 aromatic rings. The van der Waals surface area contributed by atoms with E-state index in [2.05, 4.69) is 26.6 Å². The first-order valence-electron chi connectivity index (χ1n) is 8.92. The topological polar surface area (TPSA) is 84.5 Å². The summed E-state index contributed by atoms with van der Waals surface area (Å²) in [6.45, 7) is 1.28.